The number of aryl methyl sites for hydroxylation is 3. The van der Waals surface area contributed by atoms with E-state index < -0.39 is 18.1 Å². The van der Waals surface area contributed by atoms with E-state index in [1.54, 1.807) is 44.6 Å². The molecule has 1 saturated heterocycles. The number of likely N-dealkylation sites (tertiary alicyclic amines) is 1. The Morgan fingerprint density at radius 2 is 1.67 bits per heavy atom. The quantitative estimate of drug-likeness (QED) is 0.107. The highest BCUT2D eigenvalue weighted by Gasteiger charge is 2.42. The van der Waals surface area contributed by atoms with Crippen molar-refractivity contribution >= 4 is 57.7 Å². The molecule has 0 unspecified atom stereocenters. The van der Waals surface area contributed by atoms with E-state index in [9.17, 15) is 14.4 Å². The molecule has 2 aliphatic heterocycles. The fourth-order valence-electron chi connectivity index (χ4n) is 10.1. The van der Waals surface area contributed by atoms with Crippen LogP contribution in [0.3, 0.4) is 0 Å². The molecule has 5 aromatic heterocycles. The summed E-state index contributed by atoms with van der Waals surface area (Å²) in [4.78, 5) is 60.6. The molecule has 1 aliphatic carbocycles. The van der Waals surface area contributed by atoms with Gasteiger partial charge in [0.15, 0.2) is 5.82 Å². The highest BCUT2D eigenvalue weighted by molar-refractivity contribution is 7.15. The second kappa shape index (κ2) is 20.2. The second-order valence-corrected chi connectivity index (χ2v) is 22.3. The van der Waals surface area contributed by atoms with Gasteiger partial charge in [-0.3, -0.25) is 33.6 Å². The second-order valence-electron chi connectivity index (χ2n) is 19.8. The number of nitrogens with zero attached hydrogens (tertiary/aromatic N) is 9. The first-order valence-corrected chi connectivity index (χ1v) is 26.6. The lowest BCUT2D eigenvalue weighted by atomic mass is 9.89. The van der Waals surface area contributed by atoms with Crippen molar-refractivity contribution in [1.29, 1.82) is 0 Å². The van der Waals surface area contributed by atoms with Crippen molar-refractivity contribution in [1.82, 2.24) is 50.0 Å². The van der Waals surface area contributed by atoms with Crippen molar-refractivity contribution in [3.05, 3.63) is 134 Å². The van der Waals surface area contributed by atoms with Gasteiger partial charge in [0.2, 0.25) is 17.7 Å². The zero-order valence-electron chi connectivity index (χ0n) is 41.6. The number of nitrogens with one attached hydrogen (secondary N) is 2. The average molecular weight is 1020 g/mol. The molecule has 7 heterocycles. The van der Waals surface area contributed by atoms with Gasteiger partial charge in [-0.1, -0.05) is 68.8 Å². The number of hydrogen-bond donors (Lipinski definition) is 2. The largest absolute Gasteiger partial charge is 0.490 e. The fraction of sp³-hybridized carbons (Fsp3) is 0.389. The van der Waals surface area contributed by atoms with E-state index in [1.165, 1.54) is 4.88 Å². The Labute approximate surface area is 432 Å². The monoisotopic (exact) mass is 1020 g/mol. The number of aliphatic imine (C=N–C) groups is 1. The van der Waals surface area contributed by atoms with Crippen LogP contribution >= 0.6 is 34.3 Å². The predicted octanol–water partition coefficient (Wildman–Crippen LogP) is 9.92. The van der Waals surface area contributed by atoms with E-state index in [4.69, 9.17) is 26.4 Å². The fourth-order valence-corrected chi connectivity index (χ4v) is 12.3. The minimum atomic E-state index is -0.634. The van der Waals surface area contributed by atoms with Gasteiger partial charge in [-0.2, -0.15) is 5.10 Å². The normalized spacial score (nSPS) is 20.2. The number of fused-ring (bicyclic) bond motifs is 3. The van der Waals surface area contributed by atoms with E-state index in [1.807, 2.05) is 94.9 Å². The Balaban J connectivity index is 0.762. The summed E-state index contributed by atoms with van der Waals surface area (Å²) in [5.41, 5.74) is 10.2. The van der Waals surface area contributed by atoms with Crippen molar-refractivity contribution in [3.63, 3.8) is 0 Å². The van der Waals surface area contributed by atoms with E-state index in [0.29, 0.717) is 48.1 Å². The molecule has 72 heavy (non-hydrogen) atoms. The van der Waals surface area contributed by atoms with Crippen molar-refractivity contribution in [2.75, 3.05) is 6.54 Å². The summed E-state index contributed by atoms with van der Waals surface area (Å²) < 4.78 is 10.2. The maximum atomic E-state index is 14.5. The number of hydrogen-bond acceptors (Lipinski definition) is 12. The van der Waals surface area contributed by atoms with Gasteiger partial charge < -0.3 is 20.3 Å². The van der Waals surface area contributed by atoms with Gasteiger partial charge in [0.25, 0.3) is 0 Å². The van der Waals surface area contributed by atoms with Crippen LogP contribution in [0.15, 0.2) is 89.8 Å². The third kappa shape index (κ3) is 9.73. The Kier molecular flexibility index (Phi) is 13.7. The van der Waals surface area contributed by atoms with Crippen molar-refractivity contribution < 1.29 is 19.1 Å². The number of carbonyl (C=O) groups is 3. The van der Waals surface area contributed by atoms with Crippen LogP contribution in [-0.4, -0.2) is 87.6 Å². The topological polar surface area (TPSA) is 174 Å². The summed E-state index contributed by atoms with van der Waals surface area (Å²) in [5.74, 6) is 1.65. The number of aromatic nitrogens is 7. The predicted molar refractivity (Wildman–Crippen MR) is 281 cm³/mol. The zero-order chi connectivity index (χ0) is 50.5. The third-order valence-corrected chi connectivity index (χ3v) is 16.6. The maximum Gasteiger partial charge on any atom is 0.248 e. The van der Waals surface area contributed by atoms with Gasteiger partial charge in [-0.15, -0.1) is 32.9 Å². The molecule has 0 radical (unpaired) electrons. The lowest BCUT2D eigenvalue weighted by Gasteiger charge is -2.36. The minimum absolute atomic E-state index is 0.0616. The smallest absolute Gasteiger partial charge is 0.248 e. The molecular weight excluding hydrogens is 966 g/mol. The molecule has 1 saturated carbocycles. The van der Waals surface area contributed by atoms with Gasteiger partial charge in [0, 0.05) is 70.5 Å². The Morgan fingerprint density at radius 3 is 2.39 bits per heavy atom. The highest BCUT2D eigenvalue weighted by atomic mass is 35.5. The first-order valence-electron chi connectivity index (χ1n) is 24.5. The van der Waals surface area contributed by atoms with E-state index in [2.05, 4.69) is 68.3 Å². The molecule has 372 valence electrons. The summed E-state index contributed by atoms with van der Waals surface area (Å²) in [6.45, 7) is 16.7. The van der Waals surface area contributed by atoms with Gasteiger partial charge in [-0.25, -0.2) is 4.98 Å². The van der Waals surface area contributed by atoms with Crippen LogP contribution in [0, 0.1) is 39.5 Å². The summed E-state index contributed by atoms with van der Waals surface area (Å²) in [7, 11) is 0. The molecule has 0 bridgehead atoms. The molecule has 2 aromatic carbocycles. The standard InChI is InChI=1S/C54H58ClN11O4S2/c1-28(2)49(53(69)64-25-29(3)19-45(64)52(68)59-31(5)35-9-11-37(12-10-35)50-32(6)57-27-71-50)65-26-38(24-58-65)43-22-41(17-18-56-43)70-42-20-40(21-42)60-46(67)23-44-51-63-62-34(8)66(51)54-47(30(4)33(7)72-54)48(61-44)36-13-15-39(55)16-14-36/h9-18,22,24,26-29,31,40,42,44-45,49H,19-21,23,25H2,1-8H3,(H,59,68)(H,60,67)/t29-,31+,40-,42+,44+,45+,49+/m1/s1. The lowest BCUT2D eigenvalue weighted by Crippen LogP contribution is -2.49. The number of pyridine rings is 1. The first-order chi connectivity index (χ1) is 34.6. The van der Waals surface area contributed by atoms with E-state index in [-0.39, 0.29) is 54.2 Å². The summed E-state index contributed by atoms with van der Waals surface area (Å²) in [6.07, 6.45) is 7.12. The van der Waals surface area contributed by atoms with Crippen molar-refractivity contribution in [2.45, 2.75) is 117 Å². The Morgan fingerprint density at radius 1 is 0.917 bits per heavy atom. The maximum absolute atomic E-state index is 14.5. The number of thiophene rings is 1. The summed E-state index contributed by atoms with van der Waals surface area (Å²) >= 11 is 9.58. The van der Waals surface area contributed by atoms with Crippen LogP contribution in [-0.2, 0) is 14.4 Å². The number of rotatable bonds is 14. The van der Waals surface area contributed by atoms with Crippen LogP contribution < -0.4 is 15.4 Å². The molecule has 10 rings (SSSR count). The van der Waals surface area contributed by atoms with Gasteiger partial charge in [0.05, 0.1) is 46.1 Å². The first kappa shape index (κ1) is 49.0. The van der Waals surface area contributed by atoms with Gasteiger partial charge >= 0.3 is 0 Å². The minimum Gasteiger partial charge on any atom is -0.490 e. The third-order valence-electron chi connectivity index (χ3n) is 14.2. The summed E-state index contributed by atoms with van der Waals surface area (Å²) in [5, 5.41) is 21.7. The molecule has 5 atom stereocenters. The number of thiazole rings is 1. The molecule has 0 spiro atoms. The number of benzene rings is 2. The molecule has 2 N–H and O–H groups in total. The lowest BCUT2D eigenvalue weighted by molar-refractivity contribution is -0.142. The molecule has 3 amide bonds. The molecule has 15 nitrogen and oxygen atoms in total. The summed E-state index contributed by atoms with van der Waals surface area (Å²) in [6, 6.07) is 17.5. The van der Waals surface area contributed by atoms with E-state index in [0.717, 1.165) is 60.5 Å². The van der Waals surface area contributed by atoms with Crippen LogP contribution in [0.25, 0.3) is 26.7 Å². The number of amides is 3. The van der Waals surface area contributed by atoms with Crippen LogP contribution in [0.2, 0.25) is 5.02 Å². The molecule has 18 heteroatoms. The van der Waals surface area contributed by atoms with E-state index >= 15 is 0 Å². The molecule has 2 fully saturated rings. The molecule has 3 aliphatic rings. The van der Waals surface area contributed by atoms with Gasteiger partial charge in [0.1, 0.15) is 40.8 Å². The van der Waals surface area contributed by atoms with Crippen molar-refractivity contribution in [2.24, 2.45) is 16.8 Å². The van der Waals surface area contributed by atoms with Crippen molar-refractivity contribution in [3.8, 4) is 32.4 Å². The van der Waals surface area contributed by atoms with Crippen LogP contribution in [0.5, 0.6) is 5.75 Å². The zero-order valence-corrected chi connectivity index (χ0v) is 44.0. The SMILES string of the molecule is Cc1ncsc1-c1ccc([C@H](C)NC(=O)[C@@H]2C[C@@H](C)CN2C(=O)[C@H](C(C)C)n2cc(-c3cc(O[C@H]4C[C@@H](NC(=O)C[C@@H]5N=C(c6ccc(Cl)cc6)c6c(sc(C)c6C)-n6c(C)nnc65)C4)ccn3)cn2)cc1. The highest BCUT2D eigenvalue weighted by Crippen LogP contribution is 2.40. The van der Waals surface area contributed by atoms with Crippen LogP contribution in [0.1, 0.15) is 116 Å². The van der Waals surface area contributed by atoms with Crippen LogP contribution in [0.4, 0.5) is 0 Å². The van der Waals surface area contributed by atoms with Gasteiger partial charge in [-0.05, 0) is 87.8 Å². The molecule has 7 aromatic rings. The number of halogens is 1. The average Bonchev–Trinajstić information content (AvgIpc) is 4.19. The molecular formula is C54H58ClN11O4S2. The Bertz CT molecular complexity index is 3190. The Hall–Kier alpha value is -6.56. The number of ether oxygens (including phenoxy) is 1. The number of carbonyl (C=O) groups excluding carboxylic acids is 3.